The highest BCUT2D eigenvalue weighted by Crippen LogP contribution is 2.45. The Morgan fingerprint density at radius 1 is 0.538 bits per heavy atom. The summed E-state index contributed by atoms with van der Waals surface area (Å²) in [5.41, 5.74) is 6.39. The molecular formula is C43H25N7S2. The van der Waals surface area contributed by atoms with Crippen LogP contribution in [0, 0.1) is 0 Å². The van der Waals surface area contributed by atoms with Crippen LogP contribution in [0.1, 0.15) is 17.7 Å². The van der Waals surface area contributed by atoms with Gasteiger partial charge in [-0.1, -0.05) is 78.9 Å². The molecule has 1 aliphatic carbocycles. The van der Waals surface area contributed by atoms with Gasteiger partial charge in [0.25, 0.3) is 0 Å². The molecule has 6 aromatic heterocycles. The van der Waals surface area contributed by atoms with E-state index >= 15 is 0 Å². The van der Waals surface area contributed by atoms with E-state index in [0.29, 0.717) is 17.7 Å². The number of thiophene rings is 2. The predicted molar refractivity (Wildman–Crippen MR) is 215 cm³/mol. The van der Waals surface area contributed by atoms with Crippen molar-refractivity contribution in [2.24, 2.45) is 0 Å². The third kappa shape index (κ3) is 3.86. The summed E-state index contributed by atoms with van der Waals surface area (Å²) >= 11 is 3.70. The fraction of sp³-hybridized carbons (Fsp3) is 0.0465. The molecule has 0 radical (unpaired) electrons. The normalized spacial score (nSPS) is 13.2. The van der Waals surface area contributed by atoms with Crippen molar-refractivity contribution < 1.29 is 0 Å². The minimum Gasteiger partial charge on any atom is -0.281 e. The van der Waals surface area contributed by atoms with E-state index < -0.39 is 0 Å². The van der Waals surface area contributed by atoms with Gasteiger partial charge in [0, 0.05) is 80.2 Å². The average Bonchev–Trinajstić information content (AvgIpc) is 3.95. The highest BCUT2D eigenvalue weighted by atomic mass is 32.1. The monoisotopic (exact) mass is 703 g/mol. The molecule has 7 nitrogen and oxygen atoms in total. The molecule has 244 valence electrons. The first-order valence-electron chi connectivity index (χ1n) is 17.3. The van der Waals surface area contributed by atoms with Crippen molar-refractivity contribution in [1.29, 1.82) is 0 Å². The maximum absolute atomic E-state index is 5.39. The lowest BCUT2D eigenvalue weighted by Gasteiger charge is -2.14. The molecule has 0 saturated heterocycles. The van der Waals surface area contributed by atoms with E-state index in [0.717, 1.165) is 35.0 Å². The van der Waals surface area contributed by atoms with Gasteiger partial charge in [0.1, 0.15) is 6.33 Å². The molecule has 11 aromatic rings. The molecule has 1 aliphatic rings. The van der Waals surface area contributed by atoms with Gasteiger partial charge < -0.3 is 0 Å². The third-order valence-electron chi connectivity index (χ3n) is 10.5. The topological polar surface area (TPSA) is 74.3 Å². The molecule has 0 fully saturated rings. The Kier molecular flexibility index (Phi) is 5.80. The SMILES string of the molecule is C1=Cc2c(n(-c3nc(-c4cncnc4)nc(-n4c5ccccc5c5c6sc7ccccc7c6ccc54)n3)c3ccc4c5ccccc5sc4c23)CC1. The van der Waals surface area contributed by atoms with E-state index in [2.05, 4.69) is 128 Å². The van der Waals surface area contributed by atoms with Crippen LogP contribution in [-0.2, 0) is 6.42 Å². The van der Waals surface area contributed by atoms with Crippen LogP contribution in [0.15, 0.2) is 122 Å². The smallest absolute Gasteiger partial charge is 0.240 e. The van der Waals surface area contributed by atoms with Crippen molar-refractivity contribution in [2.75, 3.05) is 0 Å². The number of benzene rings is 5. The molecule has 0 saturated carbocycles. The van der Waals surface area contributed by atoms with Crippen molar-refractivity contribution in [2.45, 2.75) is 12.8 Å². The molecule has 0 aliphatic heterocycles. The number of rotatable bonds is 3. The summed E-state index contributed by atoms with van der Waals surface area (Å²) in [5.74, 6) is 1.67. The second kappa shape index (κ2) is 10.6. The van der Waals surface area contributed by atoms with Crippen molar-refractivity contribution in [3.8, 4) is 23.3 Å². The molecule has 0 atom stereocenters. The molecule has 5 aromatic carbocycles. The Bertz CT molecular complexity index is 3310. The van der Waals surface area contributed by atoms with Gasteiger partial charge in [-0.3, -0.25) is 9.13 Å². The van der Waals surface area contributed by atoms with E-state index in [1.165, 1.54) is 74.1 Å². The van der Waals surface area contributed by atoms with E-state index in [-0.39, 0.29) is 0 Å². The highest BCUT2D eigenvalue weighted by molar-refractivity contribution is 7.27. The molecule has 9 heteroatoms. The number of aromatic nitrogens is 7. The lowest BCUT2D eigenvalue weighted by atomic mass is 10.0. The quantitative estimate of drug-likeness (QED) is 0.183. The molecular weight excluding hydrogens is 679 g/mol. The summed E-state index contributed by atoms with van der Waals surface area (Å²) in [6, 6.07) is 34.9. The van der Waals surface area contributed by atoms with Gasteiger partial charge in [0.15, 0.2) is 5.82 Å². The average molecular weight is 704 g/mol. The zero-order valence-electron chi connectivity index (χ0n) is 27.5. The van der Waals surface area contributed by atoms with Gasteiger partial charge in [-0.15, -0.1) is 22.7 Å². The number of hydrogen-bond acceptors (Lipinski definition) is 7. The van der Waals surface area contributed by atoms with Crippen LogP contribution in [-0.4, -0.2) is 34.1 Å². The molecule has 0 N–H and O–H groups in total. The Balaban J connectivity index is 1.19. The molecule has 0 unspecified atom stereocenters. The maximum atomic E-state index is 5.39. The number of fused-ring (bicyclic) bond motifs is 14. The molecule has 0 amide bonds. The largest absolute Gasteiger partial charge is 0.281 e. The summed E-state index contributed by atoms with van der Waals surface area (Å²) in [6.45, 7) is 0. The number of hydrogen-bond donors (Lipinski definition) is 0. The van der Waals surface area contributed by atoms with Gasteiger partial charge >= 0.3 is 0 Å². The fourth-order valence-corrected chi connectivity index (χ4v) is 10.8. The minimum absolute atomic E-state index is 0.527. The summed E-state index contributed by atoms with van der Waals surface area (Å²) in [6.07, 6.45) is 11.5. The van der Waals surface area contributed by atoms with E-state index in [9.17, 15) is 0 Å². The van der Waals surface area contributed by atoms with Crippen LogP contribution in [0.3, 0.4) is 0 Å². The number of allylic oxidation sites excluding steroid dienone is 1. The zero-order valence-corrected chi connectivity index (χ0v) is 29.1. The second-order valence-corrected chi connectivity index (χ2v) is 15.3. The lowest BCUT2D eigenvalue weighted by Crippen LogP contribution is -2.12. The number of para-hydroxylation sites is 1. The van der Waals surface area contributed by atoms with Crippen LogP contribution in [0.25, 0.3) is 102 Å². The van der Waals surface area contributed by atoms with Gasteiger partial charge in [-0.05, 0) is 43.2 Å². The first-order chi connectivity index (χ1) is 25.8. The number of nitrogens with zero attached hydrogens (tertiary/aromatic N) is 7. The van der Waals surface area contributed by atoms with Crippen LogP contribution in [0.4, 0.5) is 0 Å². The molecule has 0 spiro atoms. The van der Waals surface area contributed by atoms with E-state index in [4.69, 9.17) is 15.0 Å². The van der Waals surface area contributed by atoms with Crippen molar-refractivity contribution >= 4 is 102 Å². The van der Waals surface area contributed by atoms with Crippen molar-refractivity contribution in [1.82, 2.24) is 34.1 Å². The first kappa shape index (κ1) is 28.4. The predicted octanol–water partition coefficient (Wildman–Crippen LogP) is 11.1. The summed E-state index contributed by atoms with van der Waals surface area (Å²) in [7, 11) is 0. The molecule has 6 heterocycles. The Morgan fingerprint density at radius 3 is 1.88 bits per heavy atom. The Hall–Kier alpha value is -6.29. The fourth-order valence-electron chi connectivity index (χ4n) is 8.26. The summed E-state index contributed by atoms with van der Waals surface area (Å²) < 4.78 is 9.61. The second-order valence-electron chi connectivity index (χ2n) is 13.2. The standard InChI is InChI=1S/C43H25N7S2/c1-5-13-31-29(11-1)37-33(19-17-27-25-9-3-7-15-35(25)51-39(27)37)49(31)42-46-41(24-21-44-23-45-22-24)47-43(48-42)50-32-14-6-2-12-30(32)38-34(50)20-18-28-26-10-4-8-16-36(26)52-40(28)38/h1-5,7-13,15-23H,6,14H2. The van der Waals surface area contributed by atoms with Gasteiger partial charge in [0.2, 0.25) is 11.9 Å². The maximum Gasteiger partial charge on any atom is 0.240 e. The molecule has 0 bridgehead atoms. The minimum atomic E-state index is 0.527. The van der Waals surface area contributed by atoms with Crippen molar-refractivity contribution in [3.05, 3.63) is 133 Å². The van der Waals surface area contributed by atoms with Gasteiger partial charge in [0.05, 0.1) is 22.1 Å². The van der Waals surface area contributed by atoms with Crippen LogP contribution < -0.4 is 0 Å². The summed E-state index contributed by atoms with van der Waals surface area (Å²) in [5, 5.41) is 8.74. The lowest BCUT2D eigenvalue weighted by molar-refractivity contribution is 0.821. The van der Waals surface area contributed by atoms with Crippen LogP contribution in [0.2, 0.25) is 0 Å². The molecule has 12 rings (SSSR count). The molecule has 52 heavy (non-hydrogen) atoms. The Morgan fingerprint density at radius 2 is 1.15 bits per heavy atom. The van der Waals surface area contributed by atoms with Crippen LogP contribution >= 0.6 is 22.7 Å². The third-order valence-corrected chi connectivity index (χ3v) is 12.9. The van der Waals surface area contributed by atoms with Gasteiger partial charge in [-0.2, -0.15) is 15.0 Å². The summed E-state index contributed by atoms with van der Waals surface area (Å²) in [4.78, 5) is 24.5. The highest BCUT2D eigenvalue weighted by Gasteiger charge is 2.26. The zero-order chi connectivity index (χ0) is 33.9. The van der Waals surface area contributed by atoms with Crippen LogP contribution in [0.5, 0.6) is 0 Å². The van der Waals surface area contributed by atoms with Gasteiger partial charge in [-0.25, -0.2) is 9.97 Å². The van der Waals surface area contributed by atoms with Crippen molar-refractivity contribution in [3.63, 3.8) is 0 Å². The van der Waals surface area contributed by atoms with E-state index in [1.54, 1.807) is 12.4 Å². The Labute approximate surface area is 303 Å². The van der Waals surface area contributed by atoms with E-state index in [1.807, 2.05) is 22.7 Å². The first-order valence-corrected chi connectivity index (χ1v) is 18.9.